The van der Waals surface area contributed by atoms with Crippen LogP contribution in [0.4, 0.5) is 0 Å². The molecule has 0 amide bonds. The van der Waals surface area contributed by atoms with Crippen LogP contribution in [0.2, 0.25) is 0 Å². The van der Waals surface area contributed by atoms with E-state index in [0.717, 1.165) is 31.2 Å². The van der Waals surface area contributed by atoms with Crippen LogP contribution in [0.5, 0.6) is 5.75 Å². The van der Waals surface area contributed by atoms with E-state index in [1.54, 1.807) is 7.11 Å². The van der Waals surface area contributed by atoms with E-state index in [4.69, 9.17) is 4.74 Å². The minimum Gasteiger partial charge on any atom is -0.497 e. The van der Waals surface area contributed by atoms with E-state index in [1.165, 1.54) is 42.4 Å². The Morgan fingerprint density at radius 2 is 2.14 bits per heavy atom. The van der Waals surface area contributed by atoms with Gasteiger partial charge in [-0.2, -0.15) is 0 Å². The number of nitrogens with one attached hydrogen (secondary N) is 2. The number of fused-ring (bicyclic) bond motifs is 1. The number of rotatable bonds is 6. The molecule has 4 heteroatoms. The molecule has 22 heavy (non-hydrogen) atoms. The summed E-state index contributed by atoms with van der Waals surface area (Å²) in [6.45, 7) is 4.56. The number of hydrogen-bond acceptors (Lipinski definition) is 3. The van der Waals surface area contributed by atoms with Crippen molar-refractivity contribution in [2.45, 2.75) is 19.3 Å². The summed E-state index contributed by atoms with van der Waals surface area (Å²) in [7, 11) is 3.82. The van der Waals surface area contributed by atoms with Crippen molar-refractivity contribution in [3.8, 4) is 5.75 Å². The van der Waals surface area contributed by atoms with Gasteiger partial charge in [-0.15, -0.1) is 0 Å². The second kappa shape index (κ2) is 7.16. The first-order valence-corrected chi connectivity index (χ1v) is 8.31. The Balaban J connectivity index is 1.57. The van der Waals surface area contributed by atoms with Crippen LogP contribution >= 0.6 is 0 Å². The van der Waals surface area contributed by atoms with Gasteiger partial charge in [-0.1, -0.05) is 0 Å². The summed E-state index contributed by atoms with van der Waals surface area (Å²) in [4.78, 5) is 0. The Labute approximate surface area is 132 Å². The molecule has 1 aliphatic rings. The molecule has 0 bridgehead atoms. The first-order chi connectivity index (χ1) is 10.8. The second-order valence-corrected chi connectivity index (χ2v) is 6.30. The van der Waals surface area contributed by atoms with Crippen LogP contribution in [0, 0.1) is 5.92 Å². The summed E-state index contributed by atoms with van der Waals surface area (Å²) in [6, 6.07) is 6.34. The first kappa shape index (κ1) is 15.4. The number of aryl methyl sites for hydroxylation is 1. The van der Waals surface area contributed by atoms with E-state index in [9.17, 15) is 0 Å². The molecule has 1 saturated heterocycles. The van der Waals surface area contributed by atoms with Gasteiger partial charge in [-0.3, -0.25) is 0 Å². The minimum atomic E-state index is 0.845. The largest absolute Gasteiger partial charge is 0.497 e. The van der Waals surface area contributed by atoms with Crippen molar-refractivity contribution in [2.24, 2.45) is 13.0 Å². The van der Waals surface area contributed by atoms with Crippen LogP contribution in [0.25, 0.3) is 10.9 Å². The molecule has 0 spiro atoms. The lowest BCUT2D eigenvalue weighted by Gasteiger charge is -2.22. The highest BCUT2D eigenvalue weighted by Gasteiger charge is 2.12. The zero-order valence-electron chi connectivity index (χ0n) is 13.7. The van der Waals surface area contributed by atoms with Crippen molar-refractivity contribution in [1.82, 2.24) is 15.2 Å². The minimum absolute atomic E-state index is 0.845. The molecule has 0 atom stereocenters. The normalized spacial score (nSPS) is 16.3. The zero-order valence-corrected chi connectivity index (χ0v) is 13.7. The van der Waals surface area contributed by atoms with Crippen LogP contribution in [-0.2, 0) is 13.5 Å². The van der Waals surface area contributed by atoms with Gasteiger partial charge in [0.25, 0.3) is 0 Å². The maximum atomic E-state index is 5.32. The molecule has 3 rings (SSSR count). The molecule has 1 fully saturated rings. The van der Waals surface area contributed by atoms with E-state index >= 15 is 0 Å². The highest BCUT2D eigenvalue weighted by atomic mass is 16.5. The standard InChI is InChI=1S/C18H27N3O/c1-21-13-15(17-4-3-16(22-2)11-18(17)21)7-10-20-12-14-5-8-19-9-6-14/h3-4,11,13-14,19-20H,5-10,12H2,1-2H3. The lowest BCUT2D eigenvalue weighted by molar-refractivity contribution is 0.358. The topological polar surface area (TPSA) is 38.2 Å². The van der Waals surface area contributed by atoms with Crippen molar-refractivity contribution >= 4 is 10.9 Å². The van der Waals surface area contributed by atoms with Gasteiger partial charge in [0.05, 0.1) is 12.6 Å². The molecule has 0 saturated carbocycles. The third-order valence-corrected chi connectivity index (χ3v) is 4.74. The molecule has 0 unspecified atom stereocenters. The fourth-order valence-electron chi connectivity index (χ4n) is 3.39. The number of ether oxygens (including phenoxy) is 1. The number of piperidine rings is 1. The van der Waals surface area contributed by atoms with Gasteiger partial charge in [0.1, 0.15) is 5.75 Å². The molecule has 1 aliphatic heterocycles. The summed E-state index contributed by atoms with van der Waals surface area (Å²) in [5.74, 6) is 1.77. The summed E-state index contributed by atoms with van der Waals surface area (Å²) in [6.07, 6.45) is 5.94. The lowest BCUT2D eigenvalue weighted by Crippen LogP contribution is -2.34. The average molecular weight is 301 g/mol. The van der Waals surface area contributed by atoms with Crippen LogP contribution < -0.4 is 15.4 Å². The Hall–Kier alpha value is -1.52. The van der Waals surface area contributed by atoms with E-state index in [0.29, 0.717) is 0 Å². The SMILES string of the molecule is COc1ccc2c(CCNCC3CCNCC3)cn(C)c2c1. The highest BCUT2D eigenvalue weighted by Crippen LogP contribution is 2.25. The maximum Gasteiger partial charge on any atom is 0.120 e. The quantitative estimate of drug-likeness (QED) is 0.804. The van der Waals surface area contributed by atoms with Crippen molar-refractivity contribution in [3.05, 3.63) is 30.0 Å². The van der Waals surface area contributed by atoms with E-state index in [-0.39, 0.29) is 0 Å². The first-order valence-electron chi connectivity index (χ1n) is 8.31. The number of nitrogens with zero attached hydrogens (tertiary/aromatic N) is 1. The molecule has 2 N–H and O–H groups in total. The zero-order chi connectivity index (χ0) is 15.4. The Kier molecular flexibility index (Phi) is 5.01. The van der Waals surface area contributed by atoms with Crippen molar-refractivity contribution < 1.29 is 4.74 Å². The van der Waals surface area contributed by atoms with Crippen LogP contribution in [0.15, 0.2) is 24.4 Å². The predicted octanol–water partition coefficient (Wildman–Crippen LogP) is 2.32. The summed E-state index contributed by atoms with van der Waals surface area (Å²) < 4.78 is 7.52. The summed E-state index contributed by atoms with van der Waals surface area (Å²) in [5.41, 5.74) is 2.66. The Morgan fingerprint density at radius 3 is 2.91 bits per heavy atom. The molecule has 1 aromatic carbocycles. The van der Waals surface area contributed by atoms with Crippen molar-refractivity contribution in [2.75, 3.05) is 33.3 Å². The van der Waals surface area contributed by atoms with Gasteiger partial charge >= 0.3 is 0 Å². The van der Waals surface area contributed by atoms with Gasteiger partial charge in [0.2, 0.25) is 0 Å². The molecule has 0 aliphatic carbocycles. The fourth-order valence-corrected chi connectivity index (χ4v) is 3.39. The van der Waals surface area contributed by atoms with Crippen molar-refractivity contribution in [3.63, 3.8) is 0 Å². The molecule has 2 heterocycles. The molecule has 1 aromatic heterocycles. The summed E-state index contributed by atoms with van der Waals surface area (Å²) in [5, 5.41) is 8.40. The van der Waals surface area contributed by atoms with E-state index in [1.807, 2.05) is 6.07 Å². The smallest absolute Gasteiger partial charge is 0.120 e. The lowest BCUT2D eigenvalue weighted by atomic mass is 9.98. The number of methoxy groups -OCH3 is 1. The van der Waals surface area contributed by atoms with Crippen molar-refractivity contribution in [1.29, 1.82) is 0 Å². The fraction of sp³-hybridized carbons (Fsp3) is 0.556. The number of hydrogen-bond donors (Lipinski definition) is 2. The monoisotopic (exact) mass is 301 g/mol. The molecule has 2 aromatic rings. The second-order valence-electron chi connectivity index (χ2n) is 6.30. The van der Waals surface area contributed by atoms with Crippen LogP contribution in [-0.4, -0.2) is 37.9 Å². The molecular formula is C18H27N3O. The predicted molar refractivity (Wildman–Crippen MR) is 91.6 cm³/mol. The van der Waals surface area contributed by atoms with Gasteiger partial charge < -0.3 is 19.9 Å². The molecule has 0 radical (unpaired) electrons. The number of benzene rings is 1. The van der Waals surface area contributed by atoms with Gasteiger partial charge in [-0.05, 0) is 69.1 Å². The van der Waals surface area contributed by atoms with Gasteiger partial charge in [0, 0.05) is 24.7 Å². The van der Waals surface area contributed by atoms with Crippen LogP contribution in [0.3, 0.4) is 0 Å². The molecule has 120 valence electrons. The third kappa shape index (κ3) is 3.45. The molecular weight excluding hydrogens is 274 g/mol. The van der Waals surface area contributed by atoms with Gasteiger partial charge in [-0.25, -0.2) is 0 Å². The number of aromatic nitrogens is 1. The Morgan fingerprint density at radius 1 is 1.32 bits per heavy atom. The maximum absolute atomic E-state index is 5.32. The third-order valence-electron chi connectivity index (χ3n) is 4.74. The Bertz CT molecular complexity index is 614. The highest BCUT2D eigenvalue weighted by molar-refractivity contribution is 5.85. The molecule has 4 nitrogen and oxygen atoms in total. The van der Waals surface area contributed by atoms with Gasteiger partial charge in [0.15, 0.2) is 0 Å². The summed E-state index contributed by atoms with van der Waals surface area (Å²) >= 11 is 0. The average Bonchev–Trinajstić information content (AvgIpc) is 2.88. The van der Waals surface area contributed by atoms with E-state index < -0.39 is 0 Å². The van der Waals surface area contributed by atoms with Crippen LogP contribution in [0.1, 0.15) is 18.4 Å². The van der Waals surface area contributed by atoms with E-state index in [2.05, 4.69) is 40.6 Å².